The topological polar surface area (TPSA) is 75.0 Å². The fourth-order valence-electron chi connectivity index (χ4n) is 3.50. The standard InChI is InChI=1S/C17H25B3N4O3S/c1-3-14-16(24(11-25)17(18,19)20)23-10-13(4-5-15(23)21-14)12-6-8-22(9-7-12)28(2,26)27/h4-6,10-11H,3,7-9,18-20H2,1-2H3. The summed E-state index contributed by atoms with van der Waals surface area (Å²) >= 11 is 0. The van der Waals surface area contributed by atoms with Crippen LogP contribution in [0.25, 0.3) is 11.2 Å². The Morgan fingerprint density at radius 3 is 2.54 bits per heavy atom. The lowest BCUT2D eigenvalue weighted by Crippen LogP contribution is -2.51. The molecule has 0 radical (unpaired) electrons. The Hall–Kier alpha value is -2.00. The summed E-state index contributed by atoms with van der Waals surface area (Å²) in [5, 5.41) is -0.377. The maximum absolute atomic E-state index is 11.9. The third-order valence-corrected chi connectivity index (χ3v) is 6.34. The molecule has 11 heteroatoms. The van der Waals surface area contributed by atoms with Crippen molar-refractivity contribution in [1.82, 2.24) is 13.7 Å². The summed E-state index contributed by atoms with van der Waals surface area (Å²) in [5.74, 6) is 0.788. The van der Waals surface area contributed by atoms with E-state index in [1.165, 1.54) is 10.6 Å². The van der Waals surface area contributed by atoms with Crippen LogP contribution >= 0.6 is 0 Å². The molecular formula is C17H25B3N4O3S. The Kier molecular flexibility index (Phi) is 5.51. The number of carbonyl (C=O) groups is 1. The largest absolute Gasteiger partial charge is 0.317 e. The predicted molar refractivity (Wildman–Crippen MR) is 120 cm³/mol. The van der Waals surface area contributed by atoms with E-state index in [0.717, 1.165) is 41.1 Å². The number of imidazole rings is 1. The summed E-state index contributed by atoms with van der Waals surface area (Å²) in [5.41, 5.74) is 3.79. The molecule has 0 saturated carbocycles. The number of anilines is 1. The van der Waals surface area contributed by atoms with Crippen LogP contribution in [0.3, 0.4) is 0 Å². The lowest BCUT2D eigenvalue weighted by molar-refractivity contribution is -0.107. The lowest BCUT2D eigenvalue weighted by Gasteiger charge is -2.33. The third kappa shape index (κ3) is 3.91. The molecule has 0 aromatic carbocycles. The smallest absolute Gasteiger partial charge is 0.213 e. The Bertz CT molecular complexity index is 1040. The molecule has 1 amide bonds. The second-order valence-corrected chi connectivity index (χ2v) is 10.1. The van der Waals surface area contributed by atoms with Crippen LogP contribution in [0, 0.1) is 0 Å². The van der Waals surface area contributed by atoms with Gasteiger partial charge in [0.05, 0.1) is 11.9 Å². The van der Waals surface area contributed by atoms with E-state index < -0.39 is 10.0 Å². The van der Waals surface area contributed by atoms with Crippen molar-refractivity contribution in [1.29, 1.82) is 0 Å². The number of sulfonamides is 1. The van der Waals surface area contributed by atoms with Gasteiger partial charge in [-0.1, -0.05) is 13.0 Å². The first kappa shape index (κ1) is 20.7. The number of aryl methyl sites for hydroxylation is 1. The quantitative estimate of drug-likeness (QED) is 0.435. The highest BCUT2D eigenvalue weighted by Crippen LogP contribution is 2.29. The molecule has 0 atom stereocenters. The summed E-state index contributed by atoms with van der Waals surface area (Å²) < 4.78 is 26.9. The number of hydrogen-bond donors (Lipinski definition) is 0. The number of pyridine rings is 1. The molecular weight excluding hydrogens is 373 g/mol. The number of fused-ring (bicyclic) bond motifs is 1. The minimum absolute atomic E-state index is 0.377. The average molecular weight is 398 g/mol. The Balaban J connectivity index is 2.08. The van der Waals surface area contributed by atoms with Gasteiger partial charge in [0.15, 0.2) is 0 Å². The molecule has 1 aliphatic rings. The molecule has 0 spiro atoms. The zero-order chi connectivity index (χ0) is 20.7. The van der Waals surface area contributed by atoms with Crippen LogP contribution in [0.1, 0.15) is 24.6 Å². The highest BCUT2D eigenvalue weighted by molar-refractivity contribution is 7.88. The first-order valence-electron chi connectivity index (χ1n) is 9.46. The number of rotatable bonds is 6. The first-order chi connectivity index (χ1) is 13.1. The summed E-state index contributed by atoms with van der Waals surface area (Å²) in [4.78, 5) is 18.3. The van der Waals surface area contributed by atoms with Gasteiger partial charge >= 0.3 is 0 Å². The van der Waals surface area contributed by atoms with Crippen molar-refractivity contribution in [3.8, 4) is 0 Å². The van der Waals surface area contributed by atoms with Gasteiger partial charge in [0.2, 0.25) is 16.4 Å². The van der Waals surface area contributed by atoms with E-state index in [1.807, 2.05) is 59.3 Å². The van der Waals surface area contributed by atoms with Gasteiger partial charge < -0.3 is 4.90 Å². The minimum atomic E-state index is -3.18. The zero-order valence-electron chi connectivity index (χ0n) is 17.1. The normalized spacial score (nSPS) is 16.1. The molecule has 7 nitrogen and oxygen atoms in total. The highest BCUT2D eigenvalue weighted by atomic mass is 32.2. The van der Waals surface area contributed by atoms with Gasteiger partial charge in [0, 0.05) is 19.3 Å². The van der Waals surface area contributed by atoms with Crippen molar-refractivity contribution in [2.75, 3.05) is 24.2 Å². The highest BCUT2D eigenvalue weighted by Gasteiger charge is 2.27. The number of carbonyl (C=O) groups excluding carboxylic acids is 1. The molecule has 2 aromatic rings. The van der Waals surface area contributed by atoms with E-state index in [-0.39, 0.29) is 5.24 Å². The fourth-order valence-corrected chi connectivity index (χ4v) is 4.27. The van der Waals surface area contributed by atoms with E-state index >= 15 is 0 Å². The van der Waals surface area contributed by atoms with Crippen molar-refractivity contribution in [3.05, 3.63) is 35.7 Å². The van der Waals surface area contributed by atoms with E-state index in [1.54, 1.807) is 4.90 Å². The van der Waals surface area contributed by atoms with Crippen LogP contribution in [0.15, 0.2) is 24.4 Å². The van der Waals surface area contributed by atoms with Gasteiger partial charge in [-0.2, -0.15) is 4.31 Å². The molecule has 0 unspecified atom stereocenters. The average Bonchev–Trinajstić information content (AvgIpc) is 2.98. The van der Waals surface area contributed by atoms with Crippen molar-refractivity contribution in [2.45, 2.75) is 25.0 Å². The summed E-state index contributed by atoms with van der Waals surface area (Å²) in [7, 11) is 2.80. The zero-order valence-corrected chi connectivity index (χ0v) is 18.0. The van der Waals surface area contributed by atoms with Crippen LogP contribution in [0.5, 0.6) is 0 Å². The fraction of sp³-hybridized carbons (Fsp3) is 0.412. The second-order valence-electron chi connectivity index (χ2n) is 8.13. The Morgan fingerprint density at radius 2 is 2.04 bits per heavy atom. The van der Waals surface area contributed by atoms with Gasteiger partial charge in [-0.15, -0.1) is 0 Å². The molecule has 28 heavy (non-hydrogen) atoms. The van der Waals surface area contributed by atoms with Crippen molar-refractivity contribution in [3.63, 3.8) is 0 Å². The molecule has 0 saturated heterocycles. The van der Waals surface area contributed by atoms with Gasteiger partial charge in [0.25, 0.3) is 0 Å². The molecule has 0 fully saturated rings. The van der Waals surface area contributed by atoms with E-state index in [9.17, 15) is 13.2 Å². The lowest BCUT2D eigenvalue weighted by atomic mass is 9.48. The van der Waals surface area contributed by atoms with E-state index in [0.29, 0.717) is 19.5 Å². The van der Waals surface area contributed by atoms with Crippen LogP contribution < -0.4 is 4.90 Å². The molecule has 3 rings (SSSR count). The summed E-state index contributed by atoms with van der Waals surface area (Å²) in [6, 6.07) is 3.96. The third-order valence-electron chi connectivity index (χ3n) is 5.07. The Labute approximate surface area is 169 Å². The number of aromatic nitrogens is 2. The summed E-state index contributed by atoms with van der Waals surface area (Å²) in [6.45, 7) is 2.88. The molecule has 2 aromatic heterocycles. The SMILES string of the molecule is BC(B)(B)N(C=O)c1c(CC)nc2ccc(C3=CCN(S(C)(=O)=O)CC3)cn12. The monoisotopic (exact) mass is 398 g/mol. The van der Waals surface area contributed by atoms with Crippen LogP contribution in [-0.4, -0.2) is 76.6 Å². The van der Waals surface area contributed by atoms with Gasteiger partial charge in [0.1, 0.15) is 35.0 Å². The molecule has 146 valence electrons. The predicted octanol–water partition coefficient (Wildman–Crippen LogP) is -1.58. The Morgan fingerprint density at radius 1 is 1.32 bits per heavy atom. The maximum Gasteiger partial charge on any atom is 0.213 e. The molecule has 0 aliphatic carbocycles. The van der Waals surface area contributed by atoms with Crippen molar-refractivity contribution < 1.29 is 13.2 Å². The van der Waals surface area contributed by atoms with Crippen molar-refractivity contribution >= 4 is 57.0 Å². The first-order valence-corrected chi connectivity index (χ1v) is 11.3. The van der Waals surface area contributed by atoms with Gasteiger partial charge in [-0.25, -0.2) is 13.4 Å². The van der Waals surface area contributed by atoms with Crippen LogP contribution in [-0.2, 0) is 21.2 Å². The number of nitrogens with zero attached hydrogens (tertiary/aromatic N) is 4. The second kappa shape index (κ2) is 7.44. The molecule has 0 N–H and O–H groups in total. The van der Waals surface area contributed by atoms with Gasteiger partial charge in [-0.05, 0) is 41.3 Å². The van der Waals surface area contributed by atoms with Crippen molar-refractivity contribution in [2.24, 2.45) is 0 Å². The van der Waals surface area contributed by atoms with Gasteiger partial charge in [-0.3, -0.25) is 9.20 Å². The number of hydrogen-bond acceptors (Lipinski definition) is 4. The molecule has 1 aliphatic heterocycles. The van der Waals surface area contributed by atoms with E-state index in [4.69, 9.17) is 4.98 Å². The minimum Gasteiger partial charge on any atom is -0.317 e. The summed E-state index contributed by atoms with van der Waals surface area (Å²) in [6.07, 6.45) is 7.44. The molecule has 3 heterocycles. The van der Waals surface area contributed by atoms with Crippen LogP contribution in [0.2, 0.25) is 0 Å². The van der Waals surface area contributed by atoms with Crippen LogP contribution in [0.4, 0.5) is 5.82 Å². The molecule has 0 bridgehead atoms. The maximum atomic E-state index is 11.9. The van der Waals surface area contributed by atoms with E-state index in [2.05, 4.69) is 0 Å². The number of amides is 1.